The van der Waals surface area contributed by atoms with Crippen molar-refractivity contribution in [1.29, 1.82) is 0 Å². The maximum atomic E-state index is 12.8. The molecule has 3 amide bonds. The van der Waals surface area contributed by atoms with Gasteiger partial charge in [-0.15, -0.1) is 22.9 Å². The van der Waals surface area contributed by atoms with Crippen LogP contribution in [0.2, 0.25) is 0 Å². The van der Waals surface area contributed by atoms with E-state index in [-0.39, 0.29) is 27.6 Å². The van der Waals surface area contributed by atoms with Crippen LogP contribution < -0.4 is 10.6 Å². The lowest BCUT2D eigenvalue weighted by Crippen LogP contribution is -2.75. The van der Waals surface area contributed by atoms with Crippen molar-refractivity contribution in [2.24, 2.45) is 5.16 Å². The smallest absolute Gasteiger partial charge is 0.363 e. The van der Waals surface area contributed by atoms with Gasteiger partial charge in [0.25, 0.3) is 11.8 Å². The summed E-state index contributed by atoms with van der Waals surface area (Å²) in [7, 11) is -3.95. The van der Waals surface area contributed by atoms with Gasteiger partial charge in [0, 0.05) is 5.38 Å². The normalized spacial score (nSPS) is 18.4. The molecule has 0 bridgehead atoms. The number of aromatic nitrogens is 1. The maximum absolute atomic E-state index is 12.8. The number of β-lactam (4-membered cyclic amide) rings is 1. The number of carbonyl (C=O) groups is 4. The van der Waals surface area contributed by atoms with Crippen LogP contribution in [-0.2, 0) is 39.1 Å². The van der Waals surface area contributed by atoms with Crippen molar-refractivity contribution in [1.82, 2.24) is 14.6 Å². The average Bonchev–Trinajstić information content (AvgIpc) is 3.20. The van der Waals surface area contributed by atoms with Crippen LogP contribution in [0.4, 0.5) is 5.13 Å². The van der Waals surface area contributed by atoms with E-state index in [4.69, 9.17) is 16.3 Å². The van der Waals surface area contributed by atoms with E-state index in [1.165, 1.54) is 5.38 Å². The zero-order valence-corrected chi connectivity index (χ0v) is 19.7. The second kappa shape index (κ2) is 11.4. The van der Waals surface area contributed by atoms with Gasteiger partial charge in [-0.2, -0.15) is 12.7 Å². The number of ether oxygens (including phenoxy) is 1. The molecule has 2 heterocycles. The van der Waals surface area contributed by atoms with Crippen molar-refractivity contribution in [3.8, 4) is 0 Å². The van der Waals surface area contributed by atoms with E-state index in [0.717, 1.165) is 18.4 Å². The molecule has 33 heavy (non-hydrogen) atoms. The Morgan fingerprint density at radius 3 is 2.67 bits per heavy atom. The third-order valence-electron chi connectivity index (χ3n) is 4.08. The first kappa shape index (κ1) is 26.4. The van der Waals surface area contributed by atoms with Crippen LogP contribution in [-0.4, -0.2) is 83.3 Å². The number of nitrogens with zero attached hydrogens (tertiary/aromatic N) is 3. The van der Waals surface area contributed by atoms with E-state index < -0.39 is 51.8 Å². The highest BCUT2D eigenvalue weighted by molar-refractivity contribution is 7.84. The Balaban J connectivity index is 2.23. The molecule has 0 spiro atoms. The number of thiazole rings is 1. The first-order valence-corrected chi connectivity index (χ1v) is 12.1. The van der Waals surface area contributed by atoms with Gasteiger partial charge in [0.2, 0.25) is 5.91 Å². The first-order valence-electron chi connectivity index (χ1n) is 9.26. The Morgan fingerprint density at radius 1 is 1.39 bits per heavy atom. The molecule has 2 rings (SSSR count). The highest BCUT2D eigenvalue weighted by Gasteiger charge is 2.58. The molecular weight excluding hydrogens is 506 g/mol. The fourth-order valence-electron chi connectivity index (χ4n) is 2.59. The molecule has 1 aliphatic rings. The predicted octanol–water partition coefficient (Wildman–Crippen LogP) is -0.487. The van der Waals surface area contributed by atoms with Crippen molar-refractivity contribution in [3.63, 3.8) is 0 Å². The largest absolute Gasteiger partial charge is 0.464 e. The summed E-state index contributed by atoms with van der Waals surface area (Å²) in [5, 5.41) is 9.55. The lowest BCUT2D eigenvalue weighted by Gasteiger charge is -2.42. The highest BCUT2D eigenvalue weighted by atomic mass is 35.5. The minimum absolute atomic E-state index is 0.0496. The molecule has 3 N–H and O–H groups in total. The zero-order valence-electron chi connectivity index (χ0n) is 17.3. The maximum Gasteiger partial charge on any atom is 0.363 e. The van der Waals surface area contributed by atoms with Gasteiger partial charge in [-0.05, 0) is 6.42 Å². The van der Waals surface area contributed by atoms with E-state index in [0.29, 0.717) is 12.8 Å². The number of rotatable bonds is 11. The third-order valence-corrected chi connectivity index (χ3v) is 5.99. The standard InChI is InChI=1S/C16H20ClN5O9S2/c1-3-4-5-31-15(26)12-11(14(25)22(12)33(27,28)29)20-13(24)10(21-30-2)8-7-32-16(18-8)19-9(23)6-17/h7,11-12H,3-6H2,1-2H3,(H,20,24)(H,18,19,23)(H,27,28,29)/b21-10-. The van der Waals surface area contributed by atoms with Crippen LogP contribution in [0.3, 0.4) is 0 Å². The number of unbranched alkanes of at least 4 members (excludes halogenated alkanes) is 1. The van der Waals surface area contributed by atoms with Gasteiger partial charge >= 0.3 is 16.3 Å². The van der Waals surface area contributed by atoms with E-state index in [1.54, 1.807) is 0 Å². The highest BCUT2D eigenvalue weighted by Crippen LogP contribution is 2.25. The molecule has 17 heteroatoms. The number of esters is 1. The summed E-state index contributed by atoms with van der Waals surface area (Å²) in [6, 6.07) is -3.48. The molecule has 0 aliphatic carbocycles. The molecule has 1 saturated heterocycles. The van der Waals surface area contributed by atoms with Crippen LogP contribution in [0, 0.1) is 0 Å². The van der Waals surface area contributed by atoms with Gasteiger partial charge < -0.3 is 20.2 Å². The van der Waals surface area contributed by atoms with E-state index in [9.17, 15) is 32.1 Å². The number of hydrogen-bond donors (Lipinski definition) is 3. The number of halogens is 1. The predicted molar refractivity (Wildman–Crippen MR) is 115 cm³/mol. The van der Waals surface area contributed by atoms with Crippen LogP contribution in [0.1, 0.15) is 25.5 Å². The number of oxime groups is 1. The summed E-state index contributed by atoms with van der Waals surface area (Å²) in [5.74, 6) is -4.29. The second-order valence-corrected chi connectivity index (χ2v) is 8.79. The number of nitrogens with one attached hydrogen (secondary N) is 2. The fourth-order valence-corrected chi connectivity index (χ4v) is 4.21. The lowest BCUT2D eigenvalue weighted by molar-refractivity contribution is -0.164. The minimum atomic E-state index is -5.09. The number of hydrogen-bond acceptors (Lipinski definition) is 11. The van der Waals surface area contributed by atoms with Gasteiger partial charge in [0.15, 0.2) is 16.9 Å². The molecule has 182 valence electrons. The molecule has 1 aromatic rings. The van der Waals surface area contributed by atoms with E-state index >= 15 is 0 Å². The van der Waals surface area contributed by atoms with Crippen LogP contribution in [0.15, 0.2) is 10.5 Å². The van der Waals surface area contributed by atoms with Crippen LogP contribution in [0.5, 0.6) is 0 Å². The summed E-state index contributed by atoms with van der Waals surface area (Å²) in [4.78, 5) is 57.4. The molecule has 2 atom stereocenters. The van der Waals surface area contributed by atoms with E-state index in [2.05, 4.69) is 25.6 Å². The first-order chi connectivity index (χ1) is 15.5. The SMILES string of the molecule is CCCCOC(=O)C1C(NC(=O)/C(=N\OC)c2csc(NC(=O)CCl)n2)C(=O)N1S(=O)(=O)O. The zero-order chi connectivity index (χ0) is 24.8. The van der Waals surface area contributed by atoms with Gasteiger partial charge in [-0.25, -0.2) is 9.78 Å². The Kier molecular flexibility index (Phi) is 9.09. The number of alkyl halides is 1. The number of carbonyl (C=O) groups excluding carboxylic acids is 4. The van der Waals surface area contributed by atoms with Gasteiger partial charge in [-0.3, -0.25) is 18.9 Å². The topological polar surface area (TPSA) is 194 Å². The third kappa shape index (κ3) is 6.37. The Morgan fingerprint density at radius 2 is 2.09 bits per heavy atom. The summed E-state index contributed by atoms with van der Waals surface area (Å²) in [5.41, 5.74) is -0.485. The molecule has 2 unspecified atom stereocenters. The van der Waals surface area contributed by atoms with Crippen LogP contribution in [0.25, 0.3) is 0 Å². The molecule has 0 radical (unpaired) electrons. The quantitative estimate of drug-likeness (QED) is 0.0645. The van der Waals surface area contributed by atoms with E-state index in [1.807, 2.05) is 6.92 Å². The van der Waals surface area contributed by atoms with Crippen molar-refractivity contribution in [2.75, 3.05) is 24.9 Å². The number of amides is 3. The Bertz CT molecular complexity index is 1060. The minimum Gasteiger partial charge on any atom is -0.464 e. The summed E-state index contributed by atoms with van der Waals surface area (Å²) >= 11 is 6.36. The molecule has 14 nitrogen and oxygen atoms in total. The molecule has 0 saturated carbocycles. The molecule has 0 aromatic carbocycles. The fraction of sp³-hybridized carbons (Fsp3) is 0.500. The molecule has 1 aromatic heterocycles. The molecule has 1 aliphatic heterocycles. The monoisotopic (exact) mass is 525 g/mol. The summed E-state index contributed by atoms with van der Waals surface area (Å²) in [6.07, 6.45) is 1.16. The average molecular weight is 526 g/mol. The Labute approximate surface area is 197 Å². The Hall–Kier alpha value is -2.82. The second-order valence-electron chi connectivity index (χ2n) is 6.37. The van der Waals surface area contributed by atoms with Gasteiger partial charge in [-0.1, -0.05) is 18.5 Å². The summed E-state index contributed by atoms with van der Waals surface area (Å²) < 4.78 is 37.2. The van der Waals surface area contributed by atoms with Crippen molar-refractivity contribution >= 4 is 67.8 Å². The molecular formula is C16H20ClN5O9S2. The van der Waals surface area contributed by atoms with Gasteiger partial charge in [0.05, 0.1) is 6.61 Å². The van der Waals surface area contributed by atoms with Crippen molar-refractivity contribution < 1.29 is 41.7 Å². The summed E-state index contributed by atoms with van der Waals surface area (Å²) in [6.45, 7) is 1.78. The lowest BCUT2D eigenvalue weighted by atomic mass is 9.98. The van der Waals surface area contributed by atoms with Crippen molar-refractivity contribution in [2.45, 2.75) is 31.8 Å². The molecule has 1 fully saturated rings. The number of anilines is 1. The van der Waals surface area contributed by atoms with Crippen molar-refractivity contribution in [3.05, 3.63) is 11.1 Å². The van der Waals surface area contributed by atoms with Gasteiger partial charge in [0.1, 0.15) is 24.7 Å². The van der Waals surface area contributed by atoms with Crippen LogP contribution >= 0.6 is 22.9 Å².